The van der Waals surface area contributed by atoms with Gasteiger partial charge in [0.2, 0.25) is 0 Å². The van der Waals surface area contributed by atoms with Gasteiger partial charge in [0.15, 0.2) is 0 Å². The molecule has 1 aliphatic rings. The van der Waals surface area contributed by atoms with E-state index in [2.05, 4.69) is 46.0 Å². The lowest BCUT2D eigenvalue weighted by atomic mass is 9.70. The van der Waals surface area contributed by atoms with Gasteiger partial charge in [-0.05, 0) is 56.1 Å². The van der Waals surface area contributed by atoms with Crippen molar-refractivity contribution in [2.24, 2.45) is 11.3 Å². The molecule has 2 unspecified atom stereocenters. The largest absolute Gasteiger partial charge is 0.309 e. The maximum Gasteiger partial charge on any atom is 0.0302 e. The molecule has 1 nitrogen and oxygen atoms in total. The molecule has 1 aromatic heterocycles. The van der Waals surface area contributed by atoms with Crippen LogP contribution >= 0.6 is 11.3 Å². The second-order valence-corrected chi connectivity index (χ2v) is 8.16. The second kappa shape index (κ2) is 5.34. The number of rotatable bonds is 3. The molecule has 1 fully saturated rings. The molecule has 1 aliphatic carbocycles. The molecular weight excluding hydrogens is 238 g/mol. The van der Waals surface area contributed by atoms with Crippen molar-refractivity contribution >= 4 is 11.3 Å². The molecule has 0 aromatic carbocycles. The molecule has 1 aromatic rings. The van der Waals surface area contributed by atoms with Crippen molar-refractivity contribution in [1.82, 2.24) is 5.32 Å². The van der Waals surface area contributed by atoms with Gasteiger partial charge in [-0.25, -0.2) is 0 Å². The molecule has 1 heterocycles. The normalized spacial score (nSPS) is 27.4. The fourth-order valence-corrected chi connectivity index (χ4v) is 4.22. The van der Waals surface area contributed by atoms with Crippen molar-refractivity contribution in [1.29, 1.82) is 0 Å². The Morgan fingerprint density at radius 1 is 1.39 bits per heavy atom. The summed E-state index contributed by atoms with van der Waals surface area (Å²) < 4.78 is 0. The Bertz CT molecular complexity index is 386. The maximum absolute atomic E-state index is 3.78. The Morgan fingerprint density at radius 2 is 2.11 bits per heavy atom. The Morgan fingerprint density at radius 3 is 2.67 bits per heavy atom. The zero-order valence-corrected chi connectivity index (χ0v) is 13.3. The van der Waals surface area contributed by atoms with Crippen LogP contribution in [0.15, 0.2) is 6.07 Å². The third-order valence-electron chi connectivity index (χ3n) is 4.45. The number of thiophene rings is 1. The van der Waals surface area contributed by atoms with E-state index >= 15 is 0 Å². The molecule has 0 radical (unpaired) electrons. The fourth-order valence-electron chi connectivity index (χ4n) is 3.22. The summed E-state index contributed by atoms with van der Waals surface area (Å²) in [6.07, 6.45) is 4.04. The Labute approximate surface area is 116 Å². The first-order valence-electron chi connectivity index (χ1n) is 7.17. The lowest BCUT2D eigenvalue weighted by molar-refractivity contribution is 0.148. The van der Waals surface area contributed by atoms with Crippen molar-refractivity contribution in [2.45, 2.75) is 66.5 Å². The highest BCUT2D eigenvalue weighted by molar-refractivity contribution is 7.12. The van der Waals surface area contributed by atoms with E-state index in [1.807, 2.05) is 11.3 Å². The molecule has 102 valence electrons. The van der Waals surface area contributed by atoms with E-state index in [0.29, 0.717) is 11.5 Å². The van der Waals surface area contributed by atoms with Crippen LogP contribution in [0.1, 0.15) is 55.4 Å². The van der Waals surface area contributed by atoms with Gasteiger partial charge in [0.25, 0.3) is 0 Å². The fraction of sp³-hybridized carbons (Fsp3) is 0.750. The monoisotopic (exact) mass is 265 g/mol. The summed E-state index contributed by atoms with van der Waals surface area (Å²) >= 11 is 1.94. The smallest absolute Gasteiger partial charge is 0.0302 e. The zero-order valence-electron chi connectivity index (χ0n) is 12.5. The van der Waals surface area contributed by atoms with Crippen molar-refractivity contribution in [3.05, 3.63) is 21.4 Å². The van der Waals surface area contributed by atoms with Crippen LogP contribution in [0.25, 0.3) is 0 Å². The van der Waals surface area contributed by atoms with E-state index in [-0.39, 0.29) is 0 Å². The molecule has 0 amide bonds. The van der Waals surface area contributed by atoms with E-state index in [9.17, 15) is 0 Å². The SMILES string of the molecule is Cc1cc(CNC2CCC(C)(C)CC2C)sc1C. The number of nitrogens with one attached hydrogen (secondary N) is 1. The molecule has 0 bridgehead atoms. The standard InChI is InChI=1S/C16H27NS/c1-11-8-14(18-13(11)3)10-17-15-6-7-16(4,5)9-12(15)2/h8,12,15,17H,6-7,9-10H2,1-5H3. The topological polar surface area (TPSA) is 12.0 Å². The van der Waals surface area contributed by atoms with Crippen LogP contribution in [0.5, 0.6) is 0 Å². The second-order valence-electron chi connectivity index (χ2n) is 6.82. The first-order valence-corrected chi connectivity index (χ1v) is 7.98. The number of hydrogen-bond donors (Lipinski definition) is 1. The Balaban J connectivity index is 1.87. The average Bonchev–Trinajstić information content (AvgIpc) is 2.56. The summed E-state index contributed by atoms with van der Waals surface area (Å²) in [5, 5.41) is 3.78. The van der Waals surface area contributed by atoms with Gasteiger partial charge in [0, 0.05) is 22.3 Å². The van der Waals surface area contributed by atoms with Crippen molar-refractivity contribution in [2.75, 3.05) is 0 Å². The van der Waals surface area contributed by atoms with Crippen LogP contribution in [0.2, 0.25) is 0 Å². The van der Waals surface area contributed by atoms with Crippen LogP contribution in [0, 0.1) is 25.2 Å². The minimum Gasteiger partial charge on any atom is -0.309 e. The summed E-state index contributed by atoms with van der Waals surface area (Å²) in [6.45, 7) is 12.7. The summed E-state index contributed by atoms with van der Waals surface area (Å²) in [7, 11) is 0. The van der Waals surface area contributed by atoms with Gasteiger partial charge in [-0.1, -0.05) is 20.8 Å². The summed E-state index contributed by atoms with van der Waals surface area (Å²) in [5.41, 5.74) is 1.99. The quantitative estimate of drug-likeness (QED) is 0.837. The van der Waals surface area contributed by atoms with Crippen LogP contribution < -0.4 is 5.32 Å². The highest BCUT2D eigenvalue weighted by Gasteiger charge is 2.31. The Kier molecular flexibility index (Phi) is 4.18. The molecule has 2 atom stereocenters. The first-order chi connectivity index (χ1) is 8.37. The molecule has 0 spiro atoms. The Hall–Kier alpha value is -0.340. The number of aryl methyl sites for hydroxylation is 2. The highest BCUT2D eigenvalue weighted by Crippen LogP contribution is 2.38. The molecule has 2 heteroatoms. The maximum atomic E-state index is 3.78. The van der Waals surface area contributed by atoms with E-state index in [0.717, 1.165) is 12.5 Å². The average molecular weight is 265 g/mol. The van der Waals surface area contributed by atoms with Gasteiger partial charge in [-0.2, -0.15) is 0 Å². The predicted octanol–water partition coefficient (Wildman–Crippen LogP) is 4.67. The molecule has 1 N–H and O–H groups in total. The zero-order chi connectivity index (χ0) is 13.3. The van der Waals surface area contributed by atoms with Crippen LogP contribution in [-0.4, -0.2) is 6.04 Å². The van der Waals surface area contributed by atoms with Crippen molar-refractivity contribution in [3.8, 4) is 0 Å². The van der Waals surface area contributed by atoms with Crippen molar-refractivity contribution < 1.29 is 0 Å². The van der Waals surface area contributed by atoms with Gasteiger partial charge in [-0.15, -0.1) is 11.3 Å². The molecule has 1 saturated carbocycles. The third kappa shape index (κ3) is 3.36. The van der Waals surface area contributed by atoms with E-state index in [1.165, 1.54) is 34.6 Å². The number of hydrogen-bond acceptors (Lipinski definition) is 2. The van der Waals surface area contributed by atoms with Crippen LogP contribution in [0.4, 0.5) is 0 Å². The molecular formula is C16H27NS. The van der Waals surface area contributed by atoms with Gasteiger partial charge in [0.1, 0.15) is 0 Å². The van der Waals surface area contributed by atoms with E-state index < -0.39 is 0 Å². The lowest BCUT2D eigenvalue weighted by Gasteiger charge is -2.39. The van der Waals surface area contributed by atoms with Gasteiger partial charge in [-0.3, -0.25) is 0 Å². The summed E-state index contributed by atoms with van der Waals surface area (Å²) in [6, 6.07) is 3.05. The lowest BCUT2D eigenvalue weighted by Crippen LogP contribution is -2.41. The van der Waals surface area contributed by atoms with E-state index in [4.69, 9.17) is 0 Å². The van der Waals surface area contributed by atoms with Gasteiger partial charge >= 0.3 is 0 Å². The first kappa shape index (κ1) is 14.1. The minimum absolute atomic E-state index is 0.549. The van der Waals surface area contributed by atoms with Crippen LogP contribution in [0.3, 0.4) is 0 Å². The van der Waals surface area contributed by atoms with Crippen molar-refractivity contribution in [3.63, 3.8) is 0 Å². The third-order valence-corrected chi connectivity index (χ3v) is 5.60. The summed E-state index contributed by atoms with van der Waals surface area (Å²) in [5.74, 6) is 0.802. The minimum atomic E-state index is 0.549. The van der Waals surface area contributed by atoms with Crippen LogP contribution in [-0.2, 0) is 6.54 Å². The molecule has 0 aliphatic heterocycles. The predicted molar refractivity (Wildman–Crippen MR) is 81.2 cm³/mol. The molecule has 0 saturated heterocycles. The van der Waals surface area contributed by atoms with Gasteiger partial charge < -0.3 is 5.32 Å². The molecule has 2 rings (SSSR count). The molecule has 18 heavy (non-hydrogen) atoms. The highest BCUT2D eigenvalue weighted by atomic mass is 32.1. The van der Waals surface area contributed by atoms with Gasteiger partial charge in [0.05, 0.1) is 0 Å². The summed E-state index contributed by atoms with van der Waals surface area (Å²) in [4.78, 5) is 2.95. The van der Waals surface area contributed by atoms with E-state index in [1.54, 1.807) is 0 Å².